The van der Waals surface area contributed by atoms with Gasteiger partial charge in [-0.1, -0.05) is 29.4 Å². The normalized spacial score (nSPS) is 17.9. The third kappa shape index (κ3) is 4.30. The summed E-state index contributed by atoms with van der Waals surface area (Å²) in [6.45, 7) is 3.88. The van der Waals surface area contributed by atoms with Gasteiger partial charge in [0.1, 0.15) is 0 Å². The monoisotopic (exact) mass is 337 g/mol. The van der Waals surface area contributed by atoms with Crippen LogP contribution in [0.1, 0.15) is 29.3 Å². The number of carboxylic acid groups (broad SMARTS) is 1. The second kappa shape index (κ2) is 7.57. The fourth-order valence-corrected chi connectivity index (χ4v) is 2.77. The van der Waals surface area contributed by atoms with Gasteiger partial charge in [0.15, 0.2) is 5.82 Å². The highest BCUT2D eigenvalue weighted by Gasteiger charge is 2.28. The summed E-state index contributed by atoms with van der Waals surface area (Å²) in [5.74, 6) is 0.204. The molecule has 1 aliphatic heterocycles. The van der Waals surface area contributed by atoms with Crippen LogP contribution in [-0.2, 0) is 17.8 Å². The molecule has 0 spiro atoms. The van der Waals surface area contributed by atoms with Gasteiger partial charge in [0.2, 0.25) is 5.89 Å². The molecule has 1 fully saturated rings. The van der Waals surface area contributed by atoms with Crippen molar-refractivity contribution in [1.82, 2.24) is 15.0 Å². The number of hydrogen-bond donors (Lipinski definition) is 1. The van der Waals surface area contributed by atoms with Gasteiger partial charge in [0, 0.05) is 13.0 Å². The van der Waals surface area contributed by atoms with Gasteiger partial charge in [-0.2, -0.15) is 4.98 Å². The van der Waals surface area contributed by atoms with E-state index in [0.717, 1.165) is 6.54 Å². The van der Waals surface area contributed by atoms with Crippen molar-refractivity contribution in [3.05, 3.63) is 47.1 Å². The Bertz CT molecular complexity index is 674. The van der Waals surface area contributed by atoms with Crippen LogP contribution in [0.4, 0.5) is 0 Å². The number of nitrogens with zero attached hydrogens (tertiary/aromatic N) is 3. The molecule has 1 saturated heterocycles. The minimum absolute atomic E-state index is 0. The summed E-state index contributed by atoms with van der Waals surface area (Å²) >= 11 is 0. The third-order valence-corrected chi connectivity index (χ3v) is 4.10. The Morgan fingerprint density at radius 1 is 1.43 bits per heavy atom. The fourth-order valence-electron chi connectivity index (χ4n) is 2.77. The fraction of sp³-hybridized carbons (Fsp3) is 0.438. The van der Waals surface area contributed by atoms with Crippen molar-refractivity contribution in [1.29, 1.82) is 0 Å². The molecular weight excluding hydrogens is 318 g/mol. The molecule has 2 aromatic rings. The Kier molecular flexibility index (Phi) is 5.74. The number of benzene rings is 1. The van der Waals surface area contributed by atoms with Gasteiger partial charge in [-0.05, 0) is 31.0 Å². The standard InChI is InChI=1S/C16H19N3O3.ClH/c1-11-4-2-3-5-12(11)8-14-17-15(22-18-14)10-19-7-6-13(9-19)16(20)21;/h2-5,13H,6-10H2,1H3,(H,20,21);1H. The smallest absolute Gasteiger partial charge is 0.307 e. The molecule has 6 nitrogen and oxygen atoms in total. The van der Waals surface area contributed by atoms with Gasteiger partial charge in [-0.3, -0.25) is 9.69 Å². The predicted octanol–water partition coefficient (Wildman–Crippen LogP) is 2.30. The van der Waals surface area contributed by atoms with E-state index in [1.165, 1.54) is 11.1 Å². The zero-order valence-electron chi connectivity index (χ0n) is 12.9. The Morgan fingerprint density at radius 3 is 2.91 bits per heavy atom. The van der Waals surface area contributed by atoms with Crippen molar-refractivity contribution >= 4 is 18.4 Å². The maximum atomic E-state index is 11.0. The third-order valence-electron chi connectivity index (χ3n) is 4.10. The molecule has 1 aromatic heterocycles. The van der Waals surface area contributed by atoms with E-state index in [0.29, 0.717) is 37.6 Å². The first-order valence-corrected chi connectivity index (χ1v) is 7.43. The zero-order chi connectivity index (χ0) is 15.5. The molecule has 0 aliphatic carbocycles. The van der Waals surface area contributed by atoms with Crippen molar-refractivity contribution in [3.8, 4) is 0 Å². The number of likely N-dealkylation sites (tertiary alicyclic amines) is 1. The van der Waals surface area contributed by atoms with Crippen molar-refractivity contribution < 1.29 is 14.4 Å². The average molecular weight is 338 g/mol. The minimum atomic E-state index is -0.728. The van der Waals surface area contributed by atoms with Crippen LogP contribution in [0, 0.1) is 12.8 Å². The number of carbonyl (C=O) groups is 1. The minimum Gasteiger partial charge on any atom is -0.481 e. The van der Waals surface area contributed by atoms with Gasteiger partial charge in [0.25, 0.3) is 0 Å². The summed E-state index contributed by atoms with van der Waals surface area (Å²) in [7, 11) is 0. The summed E-state index contributed by atoms with van der Waals surface area (Å²) in [6.07, 6.45) is 1.33. The number of carboxylic acids is 1. The van der Waals surface area contributed by atoms with E-state index >= 15 is 0 Å². The van der Waals surface area contributed by atoms with Gasteiger partial charge < -0.3 is 9.63 Å². The molecule has 1 aliphatic rings. The molecule has 0 radical (unpaired) electrons. The van der Waals surface area contributed by atoms with Crippen LogP contribution in [0.2, 0.25) is 0 Å². The highest BCUT2D eigenvalue weighted by atomic mass is 35.5. The number of aryl methyl sites for hydroxylation is 1. The summed E-state index contributed by atoms with van der Waals surface area (Å²) < 4.78 is 5.28. The number of hydrogen-bond acceptors (Lipinski definition) is 5. The van der Waals surface area contributed by atoms with Gasteiger partial charge >= 0.3 is 5.97 Å². The van der Waals surface area contributed by atoms with Gasteiger partial charge in [0.05, 0.1) is 12.5 Å². The lowest BCUT2D eigenvalue weighted by Gasteiger charge is -2.11. The van der Waals surface area contributed by atoms with Crippen LogP contribution < -0.4 is 0 Å². The van der Waals surface area contributed by atoms with Crippen molar-refractivity contribution in [3.63, 3.8) is 0 Å². The largest absolute Gasteiger partial charge is 0.481 e. The Morgan fingerprint density at radius 2 is 2.22 bits per heavy atom. The molecule has 1 N–H and O–H groups in total. The molecule has 0 bridgehead atoms. The zero-order valence-corrected chi connectivity index (χ0v) is 13.8. The topological polar surface area (TPSA) is 79.5 Å². The molecule has 3 rings (SSSR count). The van der Waals surface area contributed by atoms with Crippen LogP contribution in [0.25, 0.3) is 0 Å². The molecule has 0 amide bonds. The quantitative estimate of drug-likeness (QED) is 0.901. The highest BCUT2D eigenvalue weighted by Crippen LogP contribution is 2.18. The molecule has 7 heteroatoms. The molecule has 124 valence electrons. The van der Waals surface area contributed by atoms with Crippen LogP contribution in [-0.4, -0.2) is 39.2 Å². The Balaban J connectivity index is 0.00000192. The van der Waals surface area contributed by atoms with Gasteiger partial charge in [-0.15, -0.1) is 12.4 Å². The number of aliphatic carboxylic acids is 1. The van der Waals surface area contributed by atoms with E-state index in [2.05, 4.69) is 29.2 Å². The first kappa shape index (κ1) is 17.4. The molecule has 23 heavy (non-hydrogen) atoms. The molecule has 1 unspecified atom stereocenters. The molecule has 1 atom stereocenters. The summed E-state index contributed by atoms with van der Waals surface area (Å²) in [4.78, 5) is 17.4. The van der Waals surface area contributed by atoms with Crippen LogP contribution in [0.5, 0.6) is 0 Å². The second-order valence-corrected chi connectivity index (χ2v) is 5.77. The van der Waals surface area contributed by atoms with Crippen molar-refractivity contribution in [2.45, 2.75) is 26.3 Å². The Hall–Kier alpha value is -1.92. The van der Waals surface area contributed by atoms with E-state index in [1.807, 2.05) is 17.0 Å². The van der Waals surface area contributed by atoms with E-state index in [9.17, 15) is 4.79 Å². The SMILES string of the molecule is Cc1ccccc1Cc1noc(CN2CCC(C(=O)O)C2)n1.Cl. The molecule has 1 aromatic carbocycles. The molecular formula is C16H20ClN3O3. The number of rotatable bonds is 5. The number of halogens is 1. The lowest BCUT2D eigenvalue weighted by molar-refractivity contribution is -0.141. The van der Waals surface area contributed by atoms with E-state index in [1.54, 1.807) is 0 Å². The van der Waals surface area contributed by atoms with E-state index in [-0.39, 0.29) is 18.3 Å². The lowest BCUT2D eigenvalue weighted by atomic mass is 10.1. The molecule has 0 saturated carbocycles. The van der Waals surface area contributed by atoms with E-state index in [4.69, 9.17) is 9.63 Å². The first-order valence-electron chi connectivity index (χ1n) is 7.43. The summed E-state index contributed by atoms with van der Waals surface area (Å²) in [5.41, 5.74) is 2.39. The maximum absolute atomic E-state index is 11.0. The number of aromatic nitrogens is 2. The Labute approximate surface area is 140 Å². The first-order chi connectivity index (χ1) is 10.6. The summed E-state index contributed by atoms with van der Waals surface area (Å²) in [6, 6.07) is 8.13. The van der Waals surface area contributed by atoms with Gasteiger partial charge in [-0.25, -0.2) is 0 Å². The van der Waals surface area contributed by atoms with Crippen molar-refractivity contribution in [2.75, 3.05) is 13.1 Å². The molecule has 2 heterocycles. The van der Waals surface area contributed by atoms with Crippen LogP contribution in [0.15, 0.2) is 28.8 Å². The van der Waals surface area contributed by atoms with Crippen molar-refractivity contribution in [2.24, 2.45) is 5.92 Å². The van der Waals surface area contributed by atoms with Crippen LogP contribution in [0.3, 0.4) is 0 Å². The predicted molar refractivity (Wildman–Crippen MR) is 86.6 cm³/mol. The van der Waals surface area contributed by atoms with E-state index < -0.39 is 5.97 Å². The lowest BCUT2D eigenvalue weighted by Crippen LogP contribution is -2.22. The maximum Gasteiger partial charge on any atom is 0.307 e. The summed E-state index contributed by atoms with van der Waals surface area (Å²) in [5, 5.41) is 13.0. The second-order valence-electron chi connectivity index (χ2n) is 5.77. The average Bonchev–Trinajstić information content (AvgIpc) is 3.12. The van der Waals surface area contributed by atoms with Crippen LogP contribution >= 0.6 is 12.4 Å². The highest BCUT2D eigenvalue weighted by molar-refractivity contribution is 5.85.